The summed E-state index contributed by atoms with van der Waals surface area (Å²) >= 11 is 0. The molecule has 6 nitrogen and oxygen atoms in total. The predicted octanol–water partition coefficient (Wildman–Crippen LogP) is 0.0696. The van der Waals surface area contributed by atoms with Gasteiger partial charge in [-0.25, -0.2) is 15.0 Å². The van der Waals surface area contributed by atoms with Gasteiger partial charge in [-0.05, 0) is 6.92 Å². The lowest BCUT2D eigenvalue weighted by Gasteiger charge is -1.99. The number of aromatic nitrogens is 4. The molecule has 0 aliphatic heterocycles. The molecule has 0 aliphatic carbocycles. The first-order valence-electron chi connectivity index (χ1n) is 4.29. The molecule has 0 aromatic carbocycles. The fourth-order valence-electron chi connectivity index (χ4n) is 1.13. The number of rotatable bonds is 2. The Bertz CT molecular complexity index is 487. The molecule has 0 saturated carbocycles. The van der Waals surface area contributed by atoms with Crippen molar-refractivity contribution in [1.29, 1.82) is 0 Å². The van der Waals surface area contributed by atoms with Gasteiger partial charge in [0, 0.05) is 6.20 Å². The van der Waals surface area contributed by atoms with Gasteiger partial charge in [0.05, 0.1) is 18.1 Å². The number of primary amides is 1. The molecule has 0 atom stereocenters. The highest BCUT2D eigenvalue weighted by molar-refractivity contribution is 5.90. The standard InChI is InChI=1S/C9H9N5O/c1-6-4-14(5-13-6)8-3-11-7(2-12-8)9(10)15/h2-5H,1H3,(H2,10,15). The maximum atomic E-state index is 10.8. The van der Waals surface area contributed by atoms with Gasteiger partial charge in [0.25, 0.3) is 5.91 Å². The highest BCUT2D eigenvalue weighted by Gasteiger charge is 2.04. The number of imidazole rings is 1. The zero-order chi connectivity index (χ0) is 10.8. The smallest absolute Gasteiger partial charge is 0.268 e. The third-order valence-electron chi connectivity index (χ3n) is 1.87. The molecule has 15 heavy (non-hydrogen) atoms. The Labute approximate surface area is 85.8 Å². The Morgan fingerprint density at radius 3 is 2.60 bits per heavy atom. The van der Waals surface area contributed by atoms with Crippen molar-refractivity contribution in [2.45, 2.75) is 6.92 Å². The Morgan fingerprint density at radius 1 is 1.33 bits per heavy atom. The lowest BCUT2D eigenvalue weighted by atomic mass is 10.4. The van der Waals surface area contributed by atoms with Crippen molar-refractivity contribution < 1.29 is 4.79 Å². The number of nitrogens with zero attached hydrogens (tertiary/aromatic N) is 4. The molecular formula is C9H9N5O. The van der Waals surface area contributed by atoms with Crippen molar-refractivity contribution >= 4 is 5.91 Å². The molecule has 1 amide bonds. The molecule has 76 valence electrons. The van der Waals surface area contributed by atoms with Gasteiger partial charge in [0.15, 0.2) is 5.82 Å². The van der Waals surface area contributed by atoms with E-state index in [1.54, 1.807) is 10.9 Å². The van der Waals surface area contributed by atoms with Gasteiger partial charge >= 0.3 is 0 Å². The summed E-state index contributed by atoms with van der Waals surface area (Å²) in [6.07, 6.45) is 6.26. The molecule has 2 heterocycles. The molecule has 2 N–H and O–H groups in total. The average Bonchev–Trinajstić information content (AvgIpc) is 2.65. The van der Waals surface area contributed by atoms with Gasteiger partial charge in [0.2, 0.25) is 0 Å². The first-order chi connectivity index (χ1) is 7.16. The van der Waals surface area contributed by atoms with Crippen LogP contribution in [0, 0.1) is 6.92 Å². The van der Waals surface area contributed by atoms with E-state index < -0.39 is 5.91 Å². The van der Waals surface area contributed by atoms with Gasteiger partial charge < -0.3 is 5.73 Å². The molecule has 2 aromatic rings. The van der Waals surface area contributed by atoms with E-state index in [-0.39, 0.29) is 5.69 Å². The molecule has 2 rings (SSSR count). The molecular weight excluding hydrogens is 194 g/mol. The zero-order valence-corrected chi connectivity index (χ0v) is 8.08. The lowest BCUT2D eigenvalue weighted by Crippen LogP contribution is -2.13. The maximum absolute atomic E-state index is 10.8. The van der Waals surface area contributed by atoms with Crippen molar-refractivity contribution in [3.05, 3.63) is 36.3 Å². The summed E-state index contributed by atoms with van der Waals surface area (Å²) < 4.78 is 1.72. The van der Waals surface area contributed by atoms with Crippen molar-refractivity contribution in [2.24, 2.45) is 5.73 Å². The van der Waals surface area contributed by atoms with Crippen LogP contribution >= 0.6 is 0 Å². The van der Waals surface area contributed by atoms with Gasteiger partial charge in [-0.1, -0.05) is 0 Å². The second kappa shape index (κ2) is 3.49. The van der Waals surface area contributed by atoms with Crippen LogP contribution in [0.3, 0.4) is 0 Å². The number of aryl methyl sites for hydroxylation is 1. The van der Waals surface area contributed by atoms with Crippen molar-refractivity contribution in [3.8, 4) is 5.82 Å². The molecule has 0 aliphatic rings. The van der Waals surface area contributed by atoms with Crippen LogP contribution < -0.4 is 5.73 Å². The fourth-order valence-corrected chi connectivity index (χ4v) is 1.13. The van der Waals surface area contributed by atoms with Crippen LogP contribution in [0.4, 0.5) is 0 Å². The van der Waals surface area contributed by atoms with Crippen molar-refractivity contribution in [1.82, 2.24) is 19.5 Å². The minimum Gasteiger partial charge on any atom is -0.364 e. The number of hydrogen-bond acceptors (Lipinski definition) is 4. The second-order valence-corrected chi connectivity index (χ2v) is 3.05. The second-order valence-electron chi connectivity index (χ2n) is 3.05. The number of carbonyl (C=O) groups is 1. The predicted molar refractivity (Wildman–Crippen MR) is 52.4 cm³/mol. The topological polar surface area (TPSA) is 86.7 Å². The van der Waals surface area contributed by atoms with Crippen LogP contribution in [0.1, 0.15) is 16.2 Å². The summed E-state index contributed by atoms with van der Waals surface area (Å²) in [6.45, 7) is 1.88. The highest BCUT2D eigenvalue weighted by Crippen LogP contribution is 2.03. The molecule has 0 radical (unpaired) electrons. The van der Waals surface area contributed by atoms with Crippen LogP contribution in [-0.2, 0) is 0 Å². The van der Waals surface area contributed by atoms with Gasteiger partial charge in [-0.3, -0.25) is 9.36 Å². The molecule has 0 unspecified atom stereocenters. The van der Waals surface area contributed by atoms with Crippen LogP contribution in [0.15, 0.2) is 24.9 Å². The average molecular weight is 203 g/mol. The van der Waals surface area contributed by atoms with E-state index in [1.807, 2.05) is 13.1 Å². The largest absolute Gasteiger partial charge is 0.364 e. The maximum Gasteiger partial charge on any atom is 0.268 e. The van der Waals surface area contributed by atoms with Crippen molar-refractivity contribution in [2.75, 3.05) is 0 Å². The monoisotopic (exact) mass is 203 g/mol. The number of hydrogen-bond donors (Lipinski definition) is 1. The minimum absolute atomic E-state index is 0.149. The molecule has 0 saturated heterocycles. The van der Waals surface area contributed by atoms with Crippen LogP contribution in [-0.4, -0.2) is 25.4 Å². The Balaban J connectivity index is 2.35. The van der Waals surface area contributed by atoms with Gasteiger partial charge in [0.1, 0.15) is 12.0 Å². The Morgan fingerprint density at radius 2 is 2.13 bits per heavy atom. The molecule has 6 heteroatoms. The fraction of sp³-hybridized carbons (Fsp3) is 0.111. The summed E-state index contributed by atoms with van der Waals surface area (Å²) in [5, 5.41) is 0. The first kappa shape index (κ1) is 9.32. The molecule has 2 aromatic heterocycles. The number of nitrogens with two attached hydrogens (primary N) is 1. The quantitative estimate of drug-likeness (QED) is 0.748. The highest BCUT2D eigenvalue weighted by atomic mass is 16.1. The summed E-state index contributed by atoms with van der Waals surface area (Å²) in [5.74, 6) is 0.0106. The van der Waals surface area contributed by atoms with Gasteiger partial charge in [-0.2, -0.15) is 0 Å². The van der Waals surface area contributed by atoms with Crippen LogP contribution in [0.5, 0.6) is 0 Å². The van der Waals surface area contributed by atoms with E-state index in [0.717, 1.165) is 5.69 Å². The normalized spacial score (nSPS) is 10.2. The Hall–Kier alpha value is -2.24. The SMILES string of the molecule is Cc1cn(-c2cnc(C(N)=O)cn2)cn1. The summed E-state index contributed by atoms with van der Waals surface area (Å²) in [5.41, 5.74) is 6.08. The number of carbonyl (C=O) groups excluding carboxylic acids is 1. The van der Waals surface area contributed by atoms with E-state index >= 15 is 0 Å². The molecule has 0 bridgehead atoms. The van der Waals surface area contributed by atoms with E-state index in [1.165, 1.54) is 12.4 Å². The van der Waals surface area contributed by atoms with Crippen LogP contribution in [0.25, 0.3) is 5.82 Å². The number of amides is 1. The third kappa shape index (κ3) is 1.83. The Kier molecular flexibility index (Phi) is 2.17. The van der Waals surface area contributed by atoms with E-state index in [9.17, 15) is 4.79 Å². The molecule has 0 spiro atoms. The first-order valence-corrected chi connectivity index (χ1v) is 4.29. The van der Waals surface area contributed by atoms with Gasteiger partial charge in [-0.15, -0.1) is 0 Å². The summed E-state index contributed by atoms with van der Waals surface area (Å²) in [7, 11) is 0. The summed E-state index contributed by atoms with van der Waals surface area (Å²) in [4.78, 5) is 22.7. The van der Waals surface area contributed by atoms with Crippen LogP contribution in [0.2, 0.25) is 0 Å². The van der Waals surface area contributed by atoms with E-state index in [0.29, 0.717) is 5.82 Å². The lowest BCUT2D eigenvalue weighted by molar-refractivity contribution is 0.0995. The summed E-state index contributed by atoms with van der Waals surface area (Å²) in [6, 6.07) is 0. The van der Waals surface area contributed by atoms with Crippen molar-refractivity contribution in [3.63, 3.8) is 0 Å². The van der Waals surface area contributed by atoms with E-state index in [4.69, 9.17) is 5.73 Å². The zero-order valence-electron chi connectivity index (χ0n) is 8.08. The molecule has 0 fully saturated rings. The minimum atomic E-state index is -0.587. The van der Waals surface area contributed by atoms with E-state index in [2.05, 4.69) is 15.0 Å². The third-order valence-corrected chi connectivity index (χ3v) is 1.87.